The quantitative estimate of drug-likeness (QED) is 0.688. The molecule has 0 saturated carbocycles. The van der Waals surface area contributed by atoms with Gasteiger partial charge in [-0.05, 0) is 36.5 Å². The predicted octanol–water partition coefficient (Wildman–Crippen LogP) is 3.39. The Balaban J connectivity index is 2.39. The average Bonchev–Trinajstić information content (AvgIpc) is 2.44. The first kappa shape index (κ1) is 19.0. The Morgan fingerprint density at radius 3 is 2.43 bits per heavy atom. The molecule has 23 heavy (non-hydrogen) atoms. The van der Waals surface area contributed by atoms with Crippen molar-refractivity contribution in [3.63, 3.8) is 0 Å². The maximum absolute atomic E-state index is 11.8. The van der Waals surface area contributed by atoms with Crippen LogP contribution in [0.1, 0.15) is 47.0 Å². The molecule has 3 N–H and O–H groups in total. The lowest BCUT2D eigenvalue weighted by Gasteiger charge is -2.18. The standard InChI is InChI=1S/C18H29N3O2/c1-5-7-16(22)21-15-9-6-8-14(12-15)20-13-17(23)19-11-10-18(2,3)4/h6,8-9,12,20H,5,7,10-11,13H2,1-4H3,(H,19,23)(H,21,22). The van der Waals surface area contributed by atoms with Crippen molar-refractivity contribution in [1.29, 1.82) is 0 Å². The Morgan fingerprint density at radius 1 is 1.09 bits per heavy atom. The first-order valence-corrected chi connectivity index (χ1v) is 8.20. The van der Waals surface area contributed by atoms with Crippen LogP contribution in [0.5, 0.6) is 0 Å². The van der Waals surface area contributed by atoms with E-state index in [0.717, 1.165) is 24.2 Å². The first-order valence-electron chi connectivity index (χ1n) is 8.20. The minimum Gasteiger partial charge on any atom is -0.376 e. The van der Waals surface area contributed by atoms with Gasteiger partial charge in [-0.2, -0.15) is 0 Å². The van der Waals surface area contributed by atoms with Gasteiger partial charge >= 0.3 is 0 Å². The van der Waals surface area contributed by atoms with Crippen molar-refractivity contribution in [1.82, 2.24) is 5.32 Å². The number of rotatable bonds is 8. The van der Waals surface area contributed by atoms with Gasteiger partial charge in [0, 0.05) is 24.3 Å². The lowest BCUT2D eigenvalue weighted by molar-refractivity contribution is -0.119. The summed E-state index contributed by atoms with van der Waals surface area (Å²) in [6.45, 7) is 9.31. The second kappa shape index (κ2) is 9.18. The van der Waals surface area contributed by atoms with Crippen molar-refractivity contribution in [2.45, 2.75) is 47.0 Å². The summed E-state index contributed by atoms with van der Waals surface area (Å²) in [6.07, 6.45) is 2.27. The number of anilines is 2. The summed E-state index contributed by atoms with van der Waals surface area (Å²) in [6, 6.07) is 7.39. The molecule has 0 aliphatic heterocycles. The molecular formula is C18H29N3O2. The molecule has 0 aromatic heterocycles. The van der Waals surface area contributed by atoms with E-state index in [1.165, 1.54) is 0 Å². The molecule has 1 aromatic carbocycles. The summed E-state index contributed by atoms with van der Waals surface area (Å²) in [5.41, 5.74) is 1.76. The summed E-state index contributed by atoms with van der Waals surface area (Å²) >= 11 is 0. The Morgan fingerprint density at radius 2 is 1.78 bits per heavy atom. The summed E-state index contributed by atoms with van der Waals surface area (Å²) in [4.78, 5) is 23.4. The van der Waals surface area contributed by atoms with E-state index in [9.17, 15) is 9.59 Å². The smallest absolute Gasteiger partial charge is 0.239 e. The zero-order valence-electron chi connectivity index (χ0n) is 14.7. The maximum atomic E-state index is 11.8. The Hall–Kier alpha value is -2.04. The number of hydrogen-bond acceptors (Lipinski definition) is 3. The number of amides is 2. The molecule has 0 aliphatic carbocycles. The zero-order chi connectivity index (χ0) is 17.3. The third-order valence-electron chi connectivity index (χ3n) is 3.27. The highest BCUT2D eigenvalue weighted by molar-refractivity contribution is 5.91. The maximum Gasteiger partial charge on any atom is 0.239 e. The molecule has 0 unspecified atom stereocenters. The van der Waals surface area contributed by atoms with Crippen LogP contribution in [0.15, 0.2) is 24.3 Å². The first-order chi connectivity index (χ1) is 10.8. The Kier molecular flexibility index (Phi) is 7.59. The fourth-order valence-electron chi connectivity index (χ4n) is 1.98. The molecule has 0 fully saturated rings. The second-order valence-electron chi connectivity index (χ2n) is 6.89. The molecule has 1 rings (SSSR count). The monoisotopic (exact) mass is 319 g/mol. The third-order valence-corrected chi connectivity index (χ3v) is 3.27. The molecule has 128 valence electrons. The van der Waals surface area contributed by atoms with Gasteiger partial charge in [-0.25, -0.2) is 0 Å². The van der Waals surface area contributed by atoms with Gasteiger partial charge in [-0.1, -0.05) is 33.8 Å². The molecule has 0 spiro atoms. The number of benzene rings is 1. The van der Waals surface area contributed by atoms with Crippen LogP contribution in [0.4, 0.5) is 11.4 Å². The highest BCUT2D eigenvalue weighted by Gasteiger charge is 2.10. The van der Waals surface area contributed by atoms with Crippen molar-refractivity contribution >= 4 is 23.2 Å². The Bertz CT molecular complexity index is 521. The summed E-state index contributed by atoms with van der Waals surface area (Å²) in [5, 5.41) is 8.82. The van der Waals surface area contributed by atoms with Gasteiger partial charge in [0.1, 0.15) is 0 Å². The van der Waals surface area contributed by atoms with E-state index in [0.29, 0.717) is 13.0 Å². The summed E-state index contributed by atoms with van der Waals surface area (Å²) in [7, 11) is 0. The van der Waals surface area contributed by atoms with Gasteiger partial charge in [-0.15, -0.1) is 0 Å². The topological polar surface area (TPSA) is 70.2 Å². The van der Waals surface area contributed by atoms with Crippen LogP contribution in [0.25, 0.3) is 0 Å². The van der Waals surface area contributed by atoms with Crippen LogP contribution >= 0.6 is 0 Å². The fraction of sp³-hybridized carbons (Fsp3) is 0.556. The highest BCUT2D eigenvalue weighted by Crippen LogP contribution is 2.17. The van der Waals surface area contributed by atoms with E-state index in [-0.39, 0.29) is 23.8 Å². The SMILES string of the molecule is CCCC(=O)Nc1cccc(NCC(=O)NCCC(C)(C)C)c1. The molecule has 0 bridgehead atoms. The van der Waals surface area contributed by atoms with Gasteiger partial charge in [0.25, 0.3) is 0 Å². The normalized spacial score (nSPS) is 11.0. The molecule has 0 saturated heterocycles. The number of carbonyl (C=O) groups is 2. The van der Waals surface area contributed by atoms with E-state index in [1.807, 2.05) is 31.2 Å². The van der Waals surface area contributed by atoms with Gasteiger partial charge in [0.05, 0.1) is 6.54 Å². The van der Waals surface area contributed by atoms with Crippen LogP contribution in [-0.2, 0) is 9.59 Å². The van der Waals surface area contributed by atoms with Crippen LogP contribution < -0.4 is 16.0 Å². The molecular weight excluding hydrogens is 290 g/mol. The predicted molar refractivity (Wildman–Crippen MR) is 95.6 cm³/mol. The van der Waals surface area contributed by atoms with Crippen LogP contribution in [0.3, 0.4) is 0 Å². The van der Waals surface area contributed by atoms with Gasteiger partial charge in [0.15, 0.2) is 0 Å². The molecule has 5 heteroatoms. The molecule has 0 radical (unpaired) electrons. The van der Waals surface area contributed by atoms with E-state index >= 15 is 0 Å². The molecule has 2 amide bonds. The van der Waals surface area contributed by atoms with Crippen molar-refractivity contribution in [2.75, 3.05) is 23.7 Å². The van der Waals surface area contributed by atoms with Crippen LogP contribution in [0.2, 0.25) is 0 Å². The largest absolute Gasteiger partial charge is 0.376 e. The molecule has 1 aromatic rings. The Labute approximate surface area is 139 Å². The minimum absolute atomic E-state index is 0.00423. The average molecular weight is 319 g/mol. The lowest BCUT2D eigenvalue weighted by atomic mass is 9.92. The summed E-state index contributed by atoms with van der Waals surface area (Å²) in [5.74, 6) is -0.0285. The molecule has 0 aliphatic rings. The van der Waals surface area contributed by atoms with Crippen molar-refractivity contribution in [3.05, 3.63) is 24.3 Å². The molecule has 0 heterocycles. The van der Waals surface area contributed by atoms with E-state index in [4.69, 9.17) is 0 Å². The van der Waals surface area contributed by atoms with E-state index in [2.05, 4.69) is 36.7 Å². The van der Waals surface area contributed by atoms with Gasteiger partial charge in [-0.3, -0.25) is 9.59 Å². The van der Waals surface area contributed by atoms with Crippen LogP contribution in [0, 0.1) is 5.41 Å². The minimum atomic E-state index is -0.0327. The van der Waals surface area contributed by atoms with E-state index in [1.54, 1.807) is 0 Å². The van der Waals surface area contributed by atoms with Crippen molar-refractivity contribution < 1.29 is 9.59 Å². The highest BCUT2D eigenvalue weighted by atomic mass is 16.2. The van der Waals surface area contributed by atoms with Gasteiger partial charge < -0.3 is 16.0 Å². The second-order valence-corrected chi connectivity index (χ2v) is 6.89. The van der Waals surface area contributed by atoms with Gasteiger partial charge in [0.2, 0.25) is 11.8 Å². The summed E-state index contributed by atoms with van der Waals surface area (Å²) < 4.78 is 0. The van der Waals surface area contributed by atoms with E-state index < -0.39 is 0 Å². The van der Waals surface area contributed by atoms with Crippen LogP contribution in [-0.4, -0.2) is 24.9 Å². The zero-order valence-corrected chi connectivity index (χ0v) is 14.7. The molecule has 0 atom stereocenters. The van der Waals surface area contributed by atoms with Crippen molar-refractivity contribution in [3.8, 4) is 0 Å². The number of carbonyl (C=O) groups excluding carboxylic acids is 2. The third kappa shape index (κ3) is 8.86. The fourth-order valence-corrected chi connectivity index (χ4v) is 1.98. The van der Waals surface area contributed by atoms with Crippen molar-refractivity contribution in [2.24, 2.45) is 5.41 Å². The molecule has 5 nitrogen and oxygen atoms in total. The number of nitrogens with one attached hydrogen (secondary N) is 3. The lowest BCUT2D eigenvalue weighted by Crippen LogP contribution is -2.32. The number of hydrogen-bond donors (Lipinski definition) is 3.